The lowest BCUT2D eigenvalue weighted by atomic mass is 9.78. The van der Waals surface area contributed by atoms with E-state index in [1.807, 2.05) is 11.7 Å². The lowest BCUT2D eigenvalue weighted by molar-refractivity contribution is 0.186. The standard InChI is InChI=1S/C16H25ClN4/c1-5-12-15-16(20(4)19-12)21(14(9-17)18-15)13-8-6-7-10(2)11(13)3/h10-11,13H,5-9H2,1-4H3. The molecule has 3 atom stereocenters. The Labute approximate surface area is 131 Å². The number of imidazole rings is 1. The van der Waals surface area contributed by atoms with Gasteiger partial charge in [-0.25, -0.2) is 4.98 Å². The van der Waals surface area contributed by atoms with E-state index in [1.165, 1.54) is 19.3 Å². The first-order valence-corrected chi connectivity index (χ1v) is 8.60. The van der Waals surface area contributed by atoms with Crippen LogP contribution in [0.5, 0.6) is 0 Å². The molecule has 21 heavy (non-hydrogen) atoms. The molecule has 5 heteroatoms. The summed E-state index contributed by atoms with van der Waals surface area (Å²) in [5.74, 6) is 2.87. The molecule has 0 saturated heterocycles. The van der Waals surface area contributed by atoms with Gasteiger partial charge in [-0.05, 0) is 24.7 Å². The molecule has 1 aliphatic rings. The minimum absolute atomic E-state index is 0.468. The molecule has 0 aliphatic heterocycles. The van der Waals surface area contributed by atoms with Gasteiger partial charge in [-0.2, -0.15) is 5.10 Å². The van der Waals surface area contributed by atoms with Gasteiger partial charge in [0.05, 0.1) is 11.6 Å². The molecule has 1 aliphatic carbocycles. The van der Waals surface area contributed by atoms with Crippen molar-refractivity contribution in [2.24, 2.45) is 18.9 Å². The largest absolute Gasteiger partial charge is 0.308 e. The van der Waals surface area contributed by atoms with Gasteiger partial charge in [0, 0.05) is 13.1 Å². The molecule has 0 spiro atoms. The molecule has 0 amide bonds. The van der Waals surface area contributed by atoms with Crippen molar-refractivity contribution in [1.29, 1.82) is 0 Å². The highest BCUT2D eigenvalue weighted by molar-refractivity contribution is 6.16. The van der Waals surface area contributed by atoms with Crippen molar-refractivity contribution in [2.45, 2.75) is 58.4 Å². The summed E-state index contributed by atoms with van der Waals surface area (Å²) in [4.78, 5) is 4.81. The average molecular weight is 309 g/mol. The van der Waals surface area contributed by atoms with Crippen LogP contribution < -0.4 is 0 Å². The van der Waals surface area contributed by atoms with Gasteiger partial charge in [-0.1, -0.05) is 33.6 Å². The monoisotopic (exact) mass is 308 g/mol. The zero-order valence-electron chi connectivity index (χ0n) is 13.4. The Morgan fingerprint density at radius 3 is 2.71 bits per heavy atom. The van der Waals surface area contributed by atoms with Gasteiger partial charge in [0.1, 0.15) is 11.3 Å². The number of nitrogens with zero attached hydrogens (tertiary/aromatic N) is 4. The molecule has 2 aromatic heterocycles. The molecule has 0 N–H and O–H groups in total. The van der Waals surface area contributed by atoms with Crippen LogP contribution in [-0.2, 0) is 19.3 Å². The Bertz CT molecular complexity index is 642. The first kappa shape index (κ1) is 14.9. The number of aryl methyl sites for hydroxylation is 2. The summed E-state index contributed by atoms with van der Waals surface area (Å²) in [6.45, 7) is 6.87. The van der Waals surface area contributed by atoms with E-state index in [0.29, 0.717) is 17.8 Å². The van der Waals surface area contributed by atoms with Crippen LogP contribution in [0.15, 0.2) is 0 Å². The van der Waals surface area contributed by atoms with Gasteiger partial charge in [-0.15, -0.1) is 11.6 Å². The van der Waals surface area contributed by atoms with Crippen molar-refractivity contribution in [3.05, 3.63) is 11.5 Å². The molecule has 3 rings (SSSR count). The number of rotatable bonds is 3. The van der Waals surface area contributed by atoms with Gasteiger partial charge in [0.25, 0.3) is 0 Å². The zero-order valence-corrected chi connectivity index (χ0v) is 14.2. The number of fused-ring (bicyclic) bond motifs is 1. The quantitative estimate of drug-likeness (QED) is 0.801. The highest BCUT2D eigenvalue weighted by Crippen LogP contribution is 2.40. The third kappa shape index (κ3) is 2.28. The van der Waals surface area contributed by atoms with Crippen LogP contribution in [0.4, 0.5) is 0 Å². The number of hydrogen-bond acceptors (Lipinski definition) is 2. The zero-order chi connectivity index (χ0) is 15.1. The summed E-state index contributed by atoms with van der Waals surface area (Å²) in [7, 11) is 2.02. The van der Waals surface area contributed by atoms with Crippen LogP contribution in [0.1, 0.15) is 57.6 Å². The van der Waals surface area contributed by atoms with Crippen molar-refractivity contribution >= 4 is 22.8 Å². The number of hydrogen-bond donors (Lipinski definition) is 0. The molecule has 3 unspecified atom stereocenters. The Kier molecular flexibility index (Phi) is 4.00. The third-order valence-corrected chi connectivity index (χ3v) is 5.50. The van der Waals surface area contributed by atoms with E-state index in [0.717, 1.165) is 35.0 Å². The van der Waals surface area contributed by atoms with E-state index >= 15 is 0 Å². The van der Waals surface area contributed by atoms with Crippen LogP contribution in [0.25, 0.3) is 11.2 Å². The van der Waals surface area contributed by atoms with E-state index < -0.39 is 0 Å². The average Bonchev–Trinajstić information content (AvgIpc) is 2.99. The predicted molar refractivity (Wildman–Crippen MR) is 86.7 cm³/mol. The number of aromatic nitrogens is 4. The fraction of sp³-hybridized carbons (Fsp3) is 0.750. The predicted octanol–water partition coefficient (Wildman–Crippen LogP) is 4.07. The molecular weight excluding hydrogens is 284 g/mol. The van der Waals surface area contributed by atoms with Crippen molar-refractivity contribution in [3.8, 4) is 0 Å². The first-order valence-electron chi connectivity index (χ1n) is 8.07. The Balaban J connectivity index is 2.18. The van der Waals surface area contributed by atoms with Crippen LogP contribution in [0.2, 0.25) is 0 Å². The summed E-state index contributed by atoms with van der Waals surface area (Å²) in [6.07, 6.45) is 4.74. The number of alkyl halides is 1. The van der Waals surface area contributed by atoms with E-state index in [4.69, 9.17) is 16.6 Å². The van der Waals surface area contributed by atoms with E-state index in [1.54, 1.807) is 0 Å². The molecular formula is C16H25ClN4. The van der Waals surface area contributed by atoms with E-state index in [2.05, 4.69) is 30.4 Å². The van der Waals surface area contributed by atoms with Crippen LogP contribution in [-0.4, -0.2) is 19.3 Å². The Hall–Kier alpha value is -1.03. The summed E-state index contributed by atoms with van der Waals surface area (Å²) in [5.41, 5.74) is 3.27. The van der Waals surface area contributed by atoms with Crippen LogP contribution in [0.3, 0.4) is 0 Å². The highest BCUT2D eigenvalue weighted by atomic mass is 35.5. The topological polar surface area (TPSA) is 35.6 Å². The Morgan fingerprint density at radius 1 is 1.29 bits per heavy atom. The SMILES string of the molecule is CCc1nn(C)c2c1nc(CCl)n2C1CCCC(C)C1C. The minimum Gasteiger partial charge on any atom is -0.308 e. The smallest absolute Gasteiger partial charge is 0.158 e. The van der Waals surface area contributed by atoms with Gasteiger partial charge < -0.3 is 4.57 Å². The number of halogens is 1. The van der Waals surface area contributed by atoms with Crippen molar-refractivity contribution in [3.63, 3.8) is 0 Å². The second-order valence-corrected chi connectivity index (χ2v) is 6.73. The fourth-order valence-electron chi connectivity index (χ4n) is 3.85. The van der Waals surface area contributed by atoms with Crippen LogP contribution >= 0.6 is 11.6 Å². The normalized spacial score (nSPS) is 26.6. The molecule has 1 fully saturated rings. The summed E-state index contributed by atoms with van der Waals surface area (Å²) in [6, 6.07) is 0.493. The van der Waals surface area contributed by atoms with Gasteiger partial charge in [0.2, 0.25) is 0 Å². The van der Waals surface area contributed by atoms with Crippen molar-refractivity contribution in [2.75, 3.05) is 0 Å². The van der Waals surface area contributed by atoms with Gasteiger partial charge in [0.15, 0.2) is 5.65 Å². The lowest BCUT2D eigenvalue weighted by Gasteiger charge is -2.36. The summed E-state index contributed by atoms with van der Waals surface area (Å²) < 4.78 is 4.37. The first-order chi connectivity index (χ1) is 10.1. The second kappa shape index (κ2) is 5.64. The molecule has 116 valence electrons. The van der Waals surface area contributed by atoms with Gasteiger partial charge in [-0.3, -0.25) is 4.68 Å². The second-order valence-electron chi connectivity index (χ2n) is 6.46. The molecule has 0 aromatic carbocycles. The minimum atomic E-state index is 0.468. The molecule has 4 nitrogen and oxygen atoms in total. The maximum Gasteiger partial charge on any atom is 0.158 e. The molecule has 2 heterocycles. The maximum atomic E-state index is 6.20. The van der Waals surface area contributed by atoms with E-state index in [-0.39, 0.29) is 0 Å². The van der Waals surface area contributed by atoms with Crippen molar-refractivity contribution in [1.82, 2.24) is 19.3 Å². The van der Waals surface area contributed by atoms with Crippen molar-refractivity contribution < 1.29 is 0 Å². The fourth-order valence-corrected chi connectivity index (χ4v) is 4.04. The summed E-state index contributed by atoms with van der Waals surface area (Å²) in [5, 5.41) is 4.63. The lowest BCUT2D eigenvalue weighted by Crippen LogP contribution is -2.28. The van der Waals surface area contributed by atoms with Gasteiger partial charge >= 0.3 is 0 Å². The third-order valence-electron chi connectivity index (χ3n) is 5.26. The maximum absolute atomic E-state index is 6.20. The van der Waals surface area contributed by atoms with Crippen LogP contribution in [0, 0.1) is 11.8 Å². The summed E-state index contributed by atoms with van der Waals surface area (Å²) >= 11 is 6.20. The Morgan fingerprint density at radius 2 is 2.05 bits per heavy atom. The molecule has 2 aromatic rings. The highest BCUT2D eigenvalue weighted by Gasteiger charge is 2.32. The molecule has 1 saturated carbocycles. The molecule has 0 radical (unpaired) electrons. The van der Waals surface area contributed by atoms with E-state index in [9.17, 15) is 0 Å². The molecule has 0 bridgehead atoms.